The number of nitrogens with zero attached hydrogens (tertiary/aromatic N) is 1. The highest BCUT2D eigenvalue weighted by Crippen LogP contribution is 2.13. The zero-order chi connectivity index (χ0) is 15.2. The van der Waals surface area contributed by atoms with Gasteiger partial charge in [-0.1, -0.05) is 18.7 Å². The highest BCUT2D eigenvalue weighted by Gasteiger charge is 2.06. The standard InChI is InChI=1S/C14H14FN3O2S/c1-2-10-7-12(19)18-14(17-10)21-8-13(20)16-11-5-3-9(15)4-6-11/h3-7H,2,8H2,1H3,(H,16,20)(H,17,18,19). The molecule has 1 heterocycles. The van der Waals surface area contributed by atoms with Crippen molar-refractivity contribution in [3.63, 3.8) is 0 Å². The van der Waals surface area contributed by atoms with Crippen LogP contribution in [-0.2, 0) is 11.2 Å². The Hall–Kier alpha value is -2.15. The molecule has 1 amide bonds. The Morgan fingerprint density at radius 3 is 2.76 bits per heavy atom. The summed E-state index contributed by atoms with van der Waals surface area (Å²) < 4.78 is 12.7. The molecule has 0 spiro atoms. The van der Waals surface area contributed by atoms with Gasteiger partial charge in [-0.25, -0.2) is 9.37 Å². The van der Waals surface area contributed by atoms with Crippen molar-refractivity contribution in [3.05, 3.63) is 52.2 Å². The van der Waals surface area contributed by atoms with E-state index in [1.807, 2.05) is 6.92 Å². The molecule has 0 aliphatic carbocycles. The third-order valence-electron chi connectivity index (χ3n) is 2.60. The lowest BCUT2D eigenvalue weighted by Crippen LogP contribution is -2.15. The van der Waals surface area contributed by atoms with E-state index in [1.165, 1.54) is 30.3 Å². The SMILES string of the molecule is CCc1cc(=O)[nH]c(SCC(=O)Nc2ccc(F)cc2)n1. The van der Waals surface area contributed by atoms with Crippen molar-refractivity contribution < 1.29 is 9.18 Å². The molecule has 2 rings (SSSR count). The molecule has 0 bridgehead atoms. The van der Waals surface area contributed by atoms with Crippen molar-refractivity contribution in [2.24, 2.45) is 0 Å². The Bertz CT molecular complexity index is 685. The number of aryl methyl sites for hydroxylation is 1. The van der Waals surface area contributed by atoms with Crippen molar-refractivity contribution in [1.82, 2.24) is 9.97 Å². The number of aromatic amines is 1. The molecule has 1 aromatic carbocycles. The molecule has 5 nitrogen and oxygen atoms in total. The number of rotatable bonds is 5. The van der Waals surface area contributed by atoms with Crippen molar-refractivity contribution in [2.45, 2.75) is 18.5 Å². The van der Waals surface area contributed by atoms with Crippen LogP contribution in [0.15, 0.2) is 40.3 Å². The third-order valence-corrected chi connectivity index (χ3v) is 3.48. The summed E-state index contributed by atoms with van der Waals surface area (Å²) >= 11 is 1.14. The molecule has 0 atom stereocenters. The third kappa shape index (κ3) is 4.71. The average Bonchev–Trinajstić information content (AvgIpc) is 2.47. The number of hydrogen-bond acceptors (Lipinski definition) is 4. The normalized spacial score (nSPS) is 10.4. The fourth-order valence-electron chi connectivity index (χ4n) is 1.60. The smallest absolute Gasteiger partial charge is 0.251 e. The molecule has 0 radical (unpaired) electrons. The first-order chi connectivity index (χ1) is 10.1. The number of anilines is 1. The van der Waals surface area contributed by atoms with Gasteiger partial charge in [-0.2, -0.15) is 0 Å². The van der Waals surface area contributed by atoms with Crippen LogP contribution >= 0.6 is 11.8 Å². The van der Waals surface area contributed by atoms with E-state index in [1.54, 1.807) is 0 Å². The van der Waals surface area contributed by atoms with Crippen LogP contribution in [0.1, 0.15) is 12.6 Å². The van der Waals surface area contributed by atoms with Gasteiger partial charge < -0.3 is 10.3 Å². The fourth-order valence-corrected chi connectivity index (χ4v) is 2.29. The van der Waals surface area contributed by atoms with Gasteiger partial charge in [0.05, 0.1) is 5.75 Å². The molecule has 0 fully saturated rings. The van der Waals surface area contributed by atoms with Gasteiger partial charge in [0, 0.05) is 17.4 Å². The first-order valence-electron chi connectivity index (χ1n) is 6.35. The monoisotopic (exact) mass is 307 g/mol. The lowest BCUT2D eigenvalue weighted by atomic mass is 10.3. The predicted octanol–water partition coefficient (Wildman–Crippen LogP) is 2.20. The number of nitrogens with one attached hydrogen (secondary N) is 2. The minimum Gasteiger partial charge on any atom is -0.325 e. The number of aromatic nitrogens is 2. The van der Waals surface area contributed by atoms with Gasteiger partial charge in [0.2, 0.25) is 5.91 Å². The molecule has 0 saturated carbocycles. The predicted molar refractivity (Wildman–Crippen MR) is 80.0 cm³/mol. The molecule has 0 unspecified atom stereocenters. The van der Waals surface area contributed by atoms with Crippen LogP contribution in [0.3, 0.4) is 0 Å². The van der Waals surface area contributed by atoms with E-state index in [-0.39, 0.29) is 23.0 Å². The first-order valence-corrected chi connectivity index (χ1v) is 7.34. The molecule has 1 aromatic heterocycles. The molecular weight excluding hydrogens is 293 g/mol. The second-order valence-corrected chi connectivity index (χ2v) is 5.20. The zero-order valence-corrected chi connectivity index (χ0v) is 12.2. The van der Waals surface area contributed by atoms with Gasteiger partial charge >= 0.3 is 0 Å². The molecule has 0 aliphatic heterocycles. The first kappa shape index (κ1) is 15.2. The van der Waals surface area contributed by atoms with E-state index in [0.717, 1.165) is 11.8 Å². The van der Waals surface area contributed by atoms with Gasteiger partial charge in [-0.3, -0.25) is 9.59 Å². The largest absolute Gasteiger partial charge is 0.325 e. The lowest BCUT2D eigenvalue weighted by Gasteiger charge is -2.05. The Morgan fingerprint density at radius 1 is 1.38 bits per heavy atom. The van der Waals surface area contributed by atoms with Crippen molar-refractivity contribution in [1.29, 1.82) is 0 Å². The highest BCUT2D eigenvalue weighted by molar-refractivity contribution is 7.99. The van der Waals surface area contributed by atoms with Crippen molar-refractivity contribution in [3.8, 4) is 0 Å². The molecule has 0 saturated heterocycles. The summed E-state index contributed by atoms with van der Waals surface area (Å²) in [5.41, 5.74) is 0.967. The number of amides is 1. The van der Waals surface area contributed by atoms with E-state index in [4.69, 9.17) is 0 Å². The van der Waals surface area contributed by atoms with Gasteiger partial charge in [0.1, 0.15) is 5.82 Å². The second-order valence-electron chi connectivity index (χ2n) is 4.24. The minimum absolute atomic E-state index is 0.105. The number of carbonyl (C=O) groups excluding carboxylic acids is 1. The van der Waals surface area contributed by atoms with E-state index in [9.17, 15) is 14.0 Å². The highest BCUT2D eigenvalue weighted by atomic mass is 32.2. The maximum absolute atomic E-state index is 12.7. The van der Waals surface area contributed by atoms with Crippen LogP contribution in [0.2, 0.25) is 0 Å². The number of benzene rings is 1. The van der Waals surface area contributed by atoms with Gasteiger partial charge in [0.15, 0.2) is 5.16 Å². The molecule has 0 aliphatic rings. The maximum Gasteiger partial charge on any atom is 0.251 e. The molecule has 2 N–H and O–H groups in total. The summed E-state index contributed by atoms with van der Waals surface area (Å²) in [4.78, 5) is 30.0. The summed E-state index contributed by atoms with van der Waals surface area (Å²) in [5, 5.41) is 3.05. The Labute approximate surface area is 125 Å². The summed E-state index contributed by atoms with van der Waals surface area (Å²) in [7, 11) is 0. The summed E-state index contributed by atoms with van der Waals surface area (Å²) in [6.07, 6.45) is 0.652. The quantitative estimate of drug-likeness (QED) is 0.656. The number of halogens is 1. The molecule has 110 valence electrons. The van der Waals surface area contributed by atoms with Crippen LogP contribution in [0, 0.1) is 5.82 Å². The average molecular weight is 307 g/mol. The van der Waals surface area contributed by atoms with Crippen LogP contribution in [0.5, 0.6) is 0 Å². The second kappa shape index (κ2) is 7.03. The van der Waals surface area contributed by atoms with Gasteiger partial charge in [-0.15, -0.1) is 0 Å². The summed E-state index contributed by atoms with van der Waals surface area (Å²) in [5.74, 6) is -0.510. The summed E-state index contributed by atoms with van der Waals surface area (Å²) in [6.45, 7) is 1.90. The lowest BCUT2D eigenvalue weighted by molar-refractivity contribution is -0.113. The molecule has 7 heteroatoms. The Kier molecular flexibility index (Phi) is 5.10. The number of carbonyl (C=O) groups is 1. The fraction of sp³-hybridized carbons (Fsp3) is 0.214. The van der Waals surface area contributed by atoms with E-state index >= 15 is 0 Å². The van der Waals surface area contributed by atoms with Crippen molar-refractivity contribution in [2.75, 3.05) is 11.1 Å². The van der Waals surface area contributed by atoms with Crippen LogP contribution in [0.25, 0.3) is 0 Å². The molecular formula is C14H14FN3O2S. The van der Waals surface area contributed by atoms with E-state index < -0.39 is 0 Å². The number of H-pyrrole nitrogens is 1. The molecule has 2 aromatic rings. The Morgan fingerprint density at radius 2 is 2.10 bits per heavy atom. The van der Waals surface area contributed by atoms with Gasteiger partial charge in [-0.05, 0) is 30.7 Å². The van der Waals surface area contributed by atoms with Crippen molar-refractivity contribution >= 4 is 23.4 Å². The van der Waals surface area contributed by atoms with Crippen LogP contribution in [0.4, 0.5) is 10.1 Å². The summed E-state index contributed by atoms with van der Waals surface area (Å²) in [6, 6.07) is 6.94. The van der Waals surface area contributed by atoms with E-state index in [2.05, 4.69) is 15.3 Å². The van der Waals surface area contributed by atoms with Gasteiger partial charge in [0.25, 0.3) is 5.56 Å². The minimum atomic E-state index is -0.361. The van der Waals surface area contributed by atoms with E-state index in [0.29, 0.717) is 23.0 Å². The van der Waals surface area contributed by atoms with Crippen LogP contribution in [-0.4, -0.2) is 21.6 Å². The number of thioether (sulfide) groups is 1. The topological polar surface area (TPSA) is 74.8 Å². The number of hydrogen-bond donors (Lipinski definition) is 2. The van der Waals surface area contributed by atoms with Crippen LogP contribution < -0.4 is 10.9 Å². The maximum atomic E-state index is 12.7. The molecule has 21 heavy (non-hydrogen) atoms. The Balaban J connectivity index is 1.93. The zero-order valence-electron chi connectivity index (χ0n) is 11.4.